The Morgan fingerprint density at radius 1 is 1.13 bits per heavy atom. The fourth-order valence-corrected chi connectivity index (χ4v) is 2.83. The highest BCUT2D eigenvalue weighted by Crippen LogP contribution is 2.30. The second kappa shape index (κ2) is 7.58. The van der Waals surface area contributed by atoms with Gasteiger partial charge >= 0.3 is 12.1 Å². The third kappa shape index (κ3) is 4.00. The summed E-state index contributed by atoms with van der Waals surface area (Å²) in [5, 5.41) is 6.08. The molecule has 1 N–H and O–H groups in total. The van der Waals surface area contributed by atoms with Crippen LogP contribution in [0.5, 0.6) is 0 Å². The third-order valence-corrected chi connectivity index (χ3v) is 4.29. The normalized spacial score (nSPS) is 11.7. The van der Waals surface area contributed by atoms with Crippen molar-refractivity contribution in [3.63, 3.8) is 0 Å². The molecule has 30 heavy (non-hydrogen) atoms. The molecule has 0 spiro atoms. The van der Waals surface area contributed by atoms with Crippen molar-refractivity contribution in [2.45, 2.75) is 12.7 Å². The third-order valence-electron chi connectivity index (χ3n) is 4.29. The molecule has 2 aromatic carbocycles. The lowest BCUT2D eigenvalue weighted by atomic mass is 10.2. The number of amides is 1. The lowest BCUT2D eigenvalue weighted by Crippen LogP contribution is -2.27. The number of imidazole rings is 1. The molecule has 7 nitrogen and oxygen atoms in total. The van der Waals surface area contributed by atoms with E-state index in [1.165, 1.54) is 24.3 Å². The van der Waals surface area contributed by atoms with Gasteiger partial charge in [-0.3, -0.25) is 4.79 Å². The van der Waals surface area contributed by atoms with Gasteiger partial charge in [-0.25, -0.2) is 9.37 Å². The summed E-state index contributed by atoms with van der Waals surface area (Å²) in [5.41, 5.74) is 1.91. The standard InChI is InChI=1S/C19H13F4N5O2/c20-13-4-1-11(2-5-13)17(29)24-7-8-28-10-25-14-9-12(3-6-15(14)28)16-26-18(30-27-16)19(21,22)23/h1-6,9-10H,7-8H2,(H,24,29). The van der Waals surface area contributed by atoms with Crippen LogP contribution in [-0.4, -0.2) is 32.1 Å². The van der Waals surface area contributed by atoms with Crippen LogP contribution in [0.2, 0.25) is 0 Å². The molecular weight excluding hydrogens is 406 g/mol. The Morgan fingerprint density at radius 2 is 1.90 bits per heavy atom. The quantitative estimate of drug-likeness (QED) is 0.499. The molecule has 2 heterocycles. The van der Waals surface area contributed by atoms with Crippen molar-refractivity contribution in [3.8, 4) is 11.4 Å². The Kier molecular flexibility index (Phi) is 4.94. The molecule has 0 radical (unpaired) electrons. The molecule has 4 rings (SSSR count). The number of hydrogen-bond acceptors (Lipinski definition) is 5. The molecule has 0 aliphatic rings. The van der Waals surface area contributed by atoms with E-state index in [-0.39, 0.29) is 11.7 Å². The molecule has 0 saturated heterocycles. The van der Waals surface area contributed by atoms with E-state index in [1.807, 2.05) is 0 Å². The van der Waals surface area contributed by atoms with Gasteiger partial charge in [-0.1, -0.05) is 5.16 Å². The molecule has 0 saturated carbocycles. The van der Waals surface area contributed by atoms with Gasteiger partial charge in [0, 0.05) is 24.2 Å². The summed E-state index contributed by atoms with van der Waals surface area (Å²) in [6.45, 7) is 0.701. The molecule has 0 aliphatic carbocycles. The van der Waals surface area contributed by atoms with Crippen molar-refractivity contribution >= 4 is 16.9 Å². The van der Waals surface area contributed by atoms with Crippen molar-refractivity contribution in [1.82, 2.24) is 25.0 Å². The minimum absolute atomic E-state index is 0.190. The summed E-state index contributed by atoms with van der Waals surface area (Å²) >= 11 is 0. The summed E-state index contributed by atoms with van der Waals surface area (Å²) < 4.78 is 56.8. The highest BCUT2D eigenvalue weighted by atomic mass is 19.4. The Bertz CT molecular complexity index is 1200. The number of nitrogens with one attached hydrogen (secondary N) is 1. The van der Waals surface area contributed by atoms with E-state index in [1.54, 1.807) is 29.1 Å². The van der Waals surface area contributed by atoms with Crippen LogP contribution in [0.4, 0.5) is 17.6 Å². The first-order valence-corrected chi connectivity index (χ1v) is 8.71. The largest absolute Gasteiger partial charge is 0.471 e. The Hall–Kier alpha value is -3.76. The molecule has 0 bridgehead atoms. The van der Waals surface area contributed by atoms with Crippen molar-refractivity contribution in [1.29, 1.82) is 0 Å². The van der Waals surface area contributed by atoms with Crippen molar-refractivity contribution in [3.05, 3.63) is 66.1 Å². The van der Waals surface area contributed by atoms with Gasteiger partial charge in [0.15, 0.2) is 0 Å². The molecular formula is C19H13F4N5O2. The molecule has 0 fully saturated rings. The second-order valence-corrected chi connectivity index (χ2v) is 6.33. The summed E-state index contributed by atoms with van der Waals surface area (Å²) in [7, 11) is 0. The summed E-state index contributed by atoms with van der Waals surface area (Å²) in [6.07, 6.45) is -3.16. The van der Waals surface area contributed by atoms with Crippen molar-refractivity contribution < 1.29 is 26.9 Å². The molecule has 0 aliphatic heterocycles. The van der Waals surface area contributed by atoms with Crippen LogP contribution in [0.25, 0.3) is 22.4 Å². The van der Waals surface area contributed by atoms with E-state index in [0.717, 1.165) is 0 Å². The Labute approximate surface area is 166 Å². The van der Waals surface area contributed by atoms with Crippen LogP contribution in [0, 0.1) is 5.82 Å². The monoisotopic (exact) mass is 419 g/mol. The number of hydrogen-bond donors (Lipinski definition) is 1. The zero-order chi connectivity index (χ0) is 21.3. The SMILES string of the molecule is O=C(NCCn1cnc2cc(-c3noc(C(F)(F)F)n3)ccc21)c1ccc(F)cc1. The van der Waals surface area contributed by atoms with Gasteiger partial charge in [0.1, 0.15) is 5.82 Å². The first-order valence-electron chi connectivity index (χ1n) is 8.71. The maximum atomic E-state index is 12.9. The molecule has 2 aromatic heterocycles. The maximum absolute atomic E-state index is 12.9. The molecule has 0 unspecified atom stereocenters. The van der Waals surface area contributed by atoms with Crippen LogP contribution in [-0.2, 0) is 12.7 Å². The van der Waals surface area contributed by atoms with Crippen molar-refractivity contribution in [2.24, 2.45) is 0 Å². The highest BCUT2D eigenvalue weighted by Gasteiger charge is 2.38. The predicted molar refractivity (Wildman–Crippen MR) is 96.8 cm³/mol. The van der Waals surface area contributed by atoms with Gasteiger partial charge in [0.2, 0.25) is 5.82 Å². The molecule has 11 heteroatoms. The number of nitrogens with zero attached hydrogens (tertiary/aromatic N) is 4. The van der Waals surface area contributed by atoms with Gasteiger partial charge in [0.25, 0.3) is 5.91 Å². The summed E-state index contributed by atoms with van der Waals surface area (Å²) in [5.74, 6) is -2.36. The zero-order valence-corrected chi connectivity index (χ0v) is 15.2. The summed E-state index contributed by atoms with van der Waals surface area (Å²) in [4.78, 5) is 19.6. The lowest BCUT2D eigenvalue weighted by Gasteiger charge is -2.07. The first kappa shape index (κ1) is 19.6. The van der Waals surface area contributed by atoms with E-state index in [4.69, 9.17) is 0 Å². The minimum atomic E-state index is -4.71. The highest BCUT2D eigenvalue weighted by molar-refractivity contribution is 5.94. The van der Waals surface area contributed by atoms with Gasteiger partial charge in [-0.05, 0) is 42.5 Å². The van der Waals surface area contributed by atoms with Gasteiger partial charge in [-0.2, -0.15) is 18.2 Å². The average Bonchev–Trinajstić information content (AvgIpc) is 3.35. The average molecular weight is 419 g/mol. The van der Waals surface area contributed by atoms with E-state index in [0.29, 0.717) is 35.2 Å². The van der Waals surface area contributed by atoms with E-state index < -0.39 is 17.9 Å². The van der Waals surface area contributed by atoms with Crippen LogP contribution in [0.1, 0.15) is 16.2 Å². The minimum Gasteiger partial charge on any atom is -0.350 e. The van der Waals surface area contributed by atoms with Gasteiger partial charge < -0.3 is 14.4 Å². The fourth-order valence-electron chi connectivity index (χ4n) is 2.83. The first-order chi connectivity index (χ1) is 14.3. The number of rotatable bonds is 5. The van der Waals surface area contributed by atoms with E-state index in [2.05, 4.69) is 25.0 Å². The topological polar surface area (TPSA) is 85.8 Å². The number of fused-ring (bicyclic) bond motifs is 1. The summed E-state index contributed by atoms with van der Waals surface area (Å²) in [6, 6.07) is 9.97. The lowest BCUT2D eigenvalue weighted by molar-refractivity contribution is -0.159. The van der Waals surface area contributed by atoms with Gasteiger partial charge in [-0.15, -0.1) is 0 Å². The van der Waals surface area contributed by atoms with E-state index >= 15 is 0 Å². The zero-order valence-electron chi connectivity index (χ0n) is 15.2. The number of carbonyl (C=O) groups excluding carboxylic acids is 1. The Morgan fingerprint density at radius 3 is 2.60 bits per heavy atom. The molecule has 1 amide bonds. The van der Waals surface area contributed by atoms with Crippen molar-refractivity contribution in [2.75, 3.05) is 6.54 Å². The number of benzene rings is 2. The van der Waals surface area contributed by atoms with Gasteiger partial charge in [0.05, 0.1) is 17.4 Å². The second-order valence-electron chi connectivity index (χ2n) is 6.33. The fraction of sp³-hybridized carbons (Fsp3) is 0.158. The number of alkyl halides is 3. The van der Waals surface area contributed by atoms with Crippen LogP contribution in [0.15, 0.2) is 53.3 Å². The predicted octanol–water partition coefficient (Wildman–Crippen LogP) is 3.67. The van der Waals surface area contributed by atoms with Crippen LogP contribution < -0.4 is 5.32 Å². The molecule has 0 atom stereocenters. The number of carbonyl (C=O) groups is 1. The van der Waals surface area contributed by atoms with E-state index in [9.17, 15) is 22.4 Å². The number of halogens is 4. The van der Waals surface area contributed by atoms with Crippen LogP contribution in [0.3, 0.4) is 0 Å². The molecule has 4 aromatic rings. The van der Waals surface area contributed by atoms with Crippen LogP contribution >= 0.6 is 0 Å². The number of aromatic nitrogens is 4. The maximum Gasteiger partial charge on any atom is 0.471 e. The molecule has 154 valence electrons. The Balaban J connectivity index is 1.44. The smallest absolute Gasteiger partial charge is 0.350 e.